The molecule has 3 rings (SSSR count). The van der Waals surface area contributed by atoms with Crippen molar-refractivity contribution in [3.63, 3.8) is 0 Å². The van der Waals surface area contributed by atoms with Gasteiger partial charge >= 0.3 is 6.01 Å². The number of rotatable bonds is 6. The fourth-order valence-electron chi connectivity index (χ4n) is 2.22. The standard InChI is InChI=1S/C17H16ClN3O2/c1-22-15-9-5-3-6-12(15)10-16-20-21-17(23-16)19-11-13-7-2-4-8-14(13)18/h2-9H,10-11H2,1H3,(H,19,21). The molecule has 1 heterocycles. The number of benzene rings is 2. The van der Waals surface area contributed by atoms with Gasteiger partial charge in [-0.25, -0.2) is 0 Å². The minimum atomic E-state index is 0.370. The van der Waals surface area contributed by atoms with E-state index < -0.39 is 0 Å². The Balaban J connectivity index is 1.65. The molecule has 0 unspecified atom stereocenters. The van der Waals surface area contributed by atoms with Gasteiger partial charge < -0.3 is 14.5 Å². The zero-order chi connectivity index (χ0) is 16.1. The van der Waals surface area contributed by atoms with Crippen molar-refractivity contribution >= 4 is 17.6 Å². The molecular weight excluding hydrogens is 314 g/mol. The summed E-state index contributed by atoms with van der Waals surface area (Å²) in [5, 5.41) is 11.8. The van der Waals surface area contributed by atoms with E-state index in [-0.39, 0.29) is 0 Å². The van der Waals surface area contributed by atoms with E-state index in [0.717, 1.165) is 16.9 Å². The maximum atomic E-state index is 6.12. The van der Waals surface area contributed by atoms with Crippen molar-refractivity contribution in [1.82, 2.24) is 10.2 Å². The van der Waals surface area contributed by atoms with Crippen molar-refractivity contribution in [2.45, 2.75) is 13.0 Å². The first-order chi connectivity index (χ1) is 11.3. The fourth-order valence-corrected chi connectivity index (χ4v) is 2.42. The van der Waals surface area contributed by atoms with E-state index in [4.69, 9.17) is 20.8 Å². The van der Waals surface area contributed by atoms with E-state index in [2.05, 4.69) is 15.5 Å². The minimum absolute atomic E-state index is 0.370. The molecule has 0 bridgehead atoms. The predicted molar refractivity (Wildman–Crippen MR) is 88.9 cm³/mol. The van der Waals surface area contributed by atoms with Crippen LogP contribution in [0.5, 0.6) is 5.75 Å². The first-order valence-corrected chi connectivity index (χ1v) is 7.55. The van der Waals surface area contributed by atoms with Crippen LogP contribution in [0.25, 0.3) is 0 Å². The van der Waals surface area contributed by atoms with Crippen molar-refractivity contribution in [3.8, 4) is 5.75 Å². The predicted octanol–water partition coefficient (Wildman–Crippen LogP) is 3.93. The molecule has 0 radical (unpaired) electrons. The molecule has 6 heteroatoms. The minimum Gasteiger partial charge on any atom is -0.496 e. The summed E-state index contributed by atoms with van der Waals surface area (Å²) >= 11 is 6.12. The van der Waals surface area contributed by atoms with Crippen LogP contribution in [0.4, 0.5) is 6.01 Å². The van der Waals surface area contributed by atoms with Gasteiger partial charge in [-0.2, -0.15) is 0 Å². The molecule has 0 amide bonds. The molecule has 0 saturated carbocycles. The number of nitrogens with one attached hydrogen (secondary N) is 1. The second kappa shape index (κ2) is 7.15. The van der Waals surface area contributed by atoms with E-state index in [1.807, 2.05) is 48.5 Å². The number of hydrogen-bond acceptors (Lipinski definition) is 5. The number of nitrogens with zero attached hydrogens (tertiary/aromatic N) is 2. The van der Waals surface area contributed by atoms with Gasteiger partial charge in [0.25, 0.3) is 0 Å². The zero-order valence-electron chi connectivity index (χ0n) is 12.6. The molecule has 23 heavy (non-hydrogen) atoms. The lowest BCUT2D eigenvalue weighted by molar-refractivity contribution is 0.408. The van der Waals surface area contributed by atoms with Crippen molar-refractivity contribution in [1.29, 1.82) is 0 Å². The van der Waals surface area contributed by atoms with Crippen LogP contribution in [-0.2, 0) is 13.0 Å². The first-order valence-electron chi connectivity index (χ1n) is 7.18. The number of halogens is 1. The second-order valence-electron chi connectivity index (χ2n) is 4.93. The van der Waals surface area contributed by atoms with E-state index in [1.165, 1.54) is 0 Å². The number of anilines is 1. The van der Waals surface area contributed by atoms with Crippen LogP contribution in [0.15, 0.2) is 52.9 Å². The molecule has 0 aliphatic rings. The third kappa shape index (κ3) is 3.81. The van der Waals surface area contributed by atoms with Crippen LogP contribution in [0.2, 0.25) is 5.02 Å². The highest BCUT2D eigenvalue weighted by Gasteiger charge is 2.10. The molecule has 1 aromatic heterocycles. The van der Waals surface area contributed by atoms with Crippen LogP contribution in [-0.4, -0.2) is 17.3 Å². The molecule has 1 N–H and O–H groups in total. The van der Waals surface area contributed by atoms with Crippen LogP contribution in [0.3, 0.4) is 0 Å². The molecule has 5 nitrogen and oxygen atoms in total. The van der Waals surface area contributed by atoms with Gasteiger partial charge in [0.15, 0.2) is 0 Å². The largest absolute Gasteiger partial charge is 0.496 e. The topological polar surface area (TPSA) is 60.2 Å². The molecular formula is C17H16ClN3O2. The third-order valence-corrected chi connectivity index (χ3v) is 3.76. The highest BCUT2D eigenvalue weighted by Crippen LogP contribution is 2.21. The summed E-state index contributed by atoms with van der Waals surface area (Å²) in [4.78, 5) is 0. The SMILES string of the molecule is COc1ccccc1Cc1nnc(NCc2ccccc2Cl)o1. The van der Waals surface area contributed by atoms with E-state index in [9.17, 15) is 0 Å². The molecule has 2 aromatic carbocycles. The molecule has 0 saturated heterocycles. The molecule has 118 valence electrons. The smallest absolute Gasteiger partial charge is 0.315 e. The first kappa shape index (κ1) is 15.4. The summed E-state index contributed by atoms with van der Waals surface area (Å²) in [6.07, 6.45) is 0.519. The molecule has 0 spiro atoms. The maximum Gasteiger partial charge on any atom is 0.315 e. The summed E-state index contributed by atoms with van der Waals surface area (Å²) in [6, 6.07) is 15.7. The Bertz CT molecular complexity index is 789. The van der Waals surface area contributed by atoms with Crippen molar-refractivity contribution in [2.24, 2.45) is 0 Å². The number of para-hydroxylation sites is 1. The van der Waals surface area contributed by atoms with Crippen LogP contribution < -0.4 is 10.1 Å². The van der Waals surface area contributed by atoms with Gasteiger partial charge in [-0.15, -0.1) is 5.10 Å². The number of methoxy groups -OCH3 is 1. The summed E-state index contributed by atoms with van der Waals surface area (Å²) in [5.41, 5.74) is 1.97. The lowest BCUT2D eigenvalue weighted by Gasteiger charge is -2.05. The van der Waals surface area contributed by atoms with Crippen molar-refractivity contribution < 1.29 is 9.15 Å². The highest BCUT2D eigenvalue weighted by atomic mass is 35.5. The Morgan fingerprint density at radius 1 is 1.04 bits per heavy atom. The monoisotopic (exact) mass is 329 g/mol. The summed E-state index contributed by atoms with van der Waals surface area (Å²) in [7, 11) is 1.64. The van der Waals surface area contributed by atoms with E-state index >= 15 is 0 Å². The van der Waals surface area contributed by atoms with Gasteiger partial charge in [0.2, 0.25) is 5.89 Å². The lowest BCUT2D eigenvalue weighted by atomic mass is 10.1. The van der Waals surface area contributed by atoms with Gasteiger partial charge in [-0.3, -0.25) is 0 Å². The van der Waals surface area contributed by atoms with Crippen LogP contribution >= 0.6 is 11.6 Å². The Labute approximate surface area is 139 Å². The van der Waals surface area contributed by atoms with E-state index in [0.29, 0.717) is 29.9 Å². The van der Waals surface area contributed by atoms with Gasteiger partial charge in [0, 0.05) is 17.1 Å². The molecule has 0 atom stereocenters. The average molecular weight is 330 g/mol. The quantitative estimate of drug-likeness (QED) is 0.742. The van der Waals surface area contributed by atoms with E-state index in [1.54, 1.807) is 7.11 Å². The Kier molecular flexibility index (Phi) is 4.78. The zero-order valence-corrected chi connectivity index (χ0v) is 13.4. The Morgan fingerprint density at radius 3 is 2.57 bits per heavy atom. The Morgan fingerprint density at radius 2 is 1.78 bits per heavy atom. The maximum absolute atomic E-state index is 6.12. The molecule has 0 aliphatic carbocycles. The summed E-state index contributed by atoms with van der Waals surface area (Å²) in [5.74, 6) is 1.33. The number of hydrogen-bond donors (Lipinski definition) is 1. The molecule has 3 aromatic rings. The highest BCUT2D eigenvalue weighted by molar-refractivity contribution is 6.31. The second-order valence-corrected chi connectivity index (χ2v) is 5.34. The Hall–Kier alpha value is -2.53. The normalized spacial score (nSPS) is 10.5. The number of aromatic nitrogens is 2. The van der Waals surface area contributed by atoms with Gasteiger partial charge in [-0.05, 0) is 17.7 Å². The van der Waals surface area contributed by atoms with Crippen LogP contribution in [0, 0.1) is 0 Å². The fraction of sp³-hybridized carbons (Fsp3) is 0.176. The van der Waals surface area contributed by atoms with Crippen molar-refractivity contribution in [3.05, 3.63) is 70.6 Å². The van der Waals surface area contributed by atoms with Gasteiger partial charge in [-0.1, -0.05) is 53.1 Å². The molecule has 0 fully saturated rings. The average Bonchev–Trinajstić information content (AvgIpc) is 3.02. The summed E-state index contributed by atoms with van der Waals surface area (Å²) < 4.78 is 10.9. The summed E-state index contributed by atoms with van der Waals surface area (Å²) in [6.45, 7) is 0.524. The van der Waals surface area contributed by atoms with Gasteiger partial charge in [0.05, 0.1) is 13.5 Å². The number of ether oxygens (including phenoxy) is 1. The lowest BCUT2D eigenvalue weighted by Crippen LogP contribution is -2.00. The van der Waals surface area contributed by atoms with Crippen molar-refractivity contribution in [2.75, 3.05) is 12.4 Å². The third-order valence-electron chi connectivity index (χ3n) is 3.39. The molecule has 0 aliphatic heterocycles. The van der Waals surface area contributed by atoms with Crippen LogP contribution in [0.1, 0.15) is 17.0 Å². The van der Waals surface area contributed by atoms with Gasteiger partial charge in [0.1, 0.15) is 5.75 Å².